The fraction of sp³-hybridized carbons (Fsp3) is 0.200. The molecule has 0 atom stereocenters. The first-order valence-electron chi connectivity index (χ1n) is 8.98. The molecule has 0 saturated heterocycles. The lowest BCUT2D eigenvalue weighted by molar-refractivity contribution is -0.116. The molecule has 1 aromatic heterocycles. The van der Waals surface area contributed by atoms with Gasteiger partial charge in [0, 0.05) is 36.1 Å². The molecule has 0 aliphatic rings. The third kappa shape index (κ3) is 4.73. The van der Waals surface area contributed by atoms with Crippen molar-refractivity contribution in [1.29, 1.82) is 0 Å². The number of anilines is 2. The van der Waals surface area contributed by atoms with Gasteiger partial charge in [0.1, 0.15) is 0 Å². The van der Waals surface area contributed by atoms with Crippen molar-refractivity contribution in [3.05, 3.63) is 54.2 Å². The smallest absolute Gasteiger partial charge is 0.272 e. The normalized spacial score (nSPS) is 10.5. The molecule has 144 valence electrons. The molecule has 0 fully saturated rings. The van der Waals surface area contributed by atoms with Crippen LogP contribution in [0.5, 0.6) is 0 Å². The summed E-state index contributed by atoms with van der Waals surface area (Å²) in [6, 6.07) is 14.2. The zero-order valence-electron chi connectivity index (χ0n) is 15.4. The highest BCUT2D eigenvalue weighted by Gasteiger charge is 2.13. The number of fused-ring (bicyclic) bond motifs is 1. The second-order valence-corrected chi connectivity index (χ2v) is 6.15. The van der Waals surface area contributed by atoms with E-state index in [2.05, 4.69) is 26.1 Å². The fourth-order valence-corrected chi connectivity index (χ4v) is 2.62. The van der Waals surface area contributed by atoms with Crippen molar-refractivity contribution in [2.75, 3.05) is 17.2 Å². The average molecular weight is 379 g/mol. The van der Waals surface area contributed by atoms with Crippen molar-refractivity contribution >= 4 is 40.0 Å². The van der Waals surface area contributed by atoms with Crippen LogP contribution in [-0.2, 0) is 9.59 Å². The van der Waals surface area contributed by atoms with E-state index in [0.717, 1.165) is 10.9 Å². The highest BCUT2D eigenvalue weighted by molar-refractivity contribution is 6.04. The van der Waals surface area contributed by atoms with Crippen molar-refractivity contribution in [2.45, 2.75) is 19.8 Å². The van der Waals surface area contributed by atoms with Crippen LogP contribution in [0.2, 0.25) is 0 Å². The van der Waals surface area contributed by atoms with E-state index in [9.17, 15) is 14.4 Å². The molecule has 8 nitrogen and oxygen atoms in total. The number of nitrogens with zero attached hydrogens (tertiary/aromatic N) is 1. The first-order chi connectivity index (χ1) is 13.6. The molecule has 3 rings (SSSR count). The van der Waals surface area contributed by atoms with E-state index in [1.807, 2.05) is 24.3 Å². The zero-order valence-corrected chi connectivity index (χ0v) is 15.4. The molecule has 3 aromatic rings. The van der Waals surface area contributed by atoms with Crippen LogP contribution >= 0.6 is 0 Å². The third-order valence-electron chi connectivity index (χ3n) is 4.10. The van der Waals surface area contributed by atoms with Gasteiger partial charge in [-0.2, -0.15) is 5.10 Å². The van der Waals surface area contributed by atoms with Crippen LogP contribution in [0.25, 0.3) is 10.9 Å². The Labute approximate surface area is 161 Å². The summed E-state index contributed by atoms with van der Waals surface area (Å²) in [5.74, 6) is -0.629. The van der Waals surface area contributed by atoms with Crippen LogP contribution in [0.15, 0.2) is 48.5 Å². The van der Waals surface area contributed by atoms with E-state index in [-0.39, 0.29) is 30.7 Å². The second kappa shape index (κ2) is 8.81. The Morgan fingerprint density at radius 1 is 0.929 bits per heavy atom. The van der Waals surface area contributed by atoms with Crippen molar-refractivity contribution < 1.29 is 14.4 Å². The van der Waals surface area contributed by atoms with Gasteiger partial charge in [0.05, 0.1) is 5.52 Å². The number of para-hydroxylation sites is 1. The molecule has 0 unspecified atom stereocenters. The van der Waals surface area contributed by atoms with Crippen molar-refractivity contribution in [3.63, 3.8) is 0 Å². The summed E-state index contributed by atoms with van der Waals surface area (Å²) in [6.45, 7) is 1.97. The van der Waals surface area contributed by atoms with Crippen molar-refractivity contribution in [3.8, 4) is 0 Å². The number of rotatable bonds is 7. The number of benzene rings is 2. The predicted molar refractivity (Wildman–Crippen MR) is 107 cm³/mol. The lowest BCUT2D eigenvalue weighted by Crippen LogP contribution is -2.28. The SMILES string of the molecule is CCC(=O)Nc1ccc(NC(=O)CCNC(=O)c2n[nH]c3ccccc23)cc1. The van der Waals surface area contributed by atoms with Crippen LogP contribution in [0.3, 0.4) is 0 Å². The molecular formula is C20H21N5O3. The Hall–Kier alpha value is -3.68. The highest BCUT2D eigenvalue weighted by atomic mass is 16.2. The molecule has 8 heteroatoms. The monoisotopic (exact) mass is 379 g/mol. The number of hydrogen-bond acceptors (Lipinski definition) is 4. The van der Waals surface area contributed by atoms with E-state index in [4.69, 9.17) is 0 Å². The minimum absolute atomic E-state index is 0.0720. The maximum Gasteiger partial charge on any atom is 0.272 e. The first kappa shape index (κ1) is 19.1. The number of amides is 3. The van der Waals surface area contributed by atoms with Crippen molar-refractivity contribution in [2.24, 2.45) is 0 Å². The number of carbonyl (C=O) groups excluding carboxylic acids is 3. The molecule has 1 heterocycles. The third-order valence-corrected chi connectivity index (χ3v) is 4.10. The lowest BCUT2D eigenvalue weighted by atomic mass is 10.2. The van der Waals surface area contributed by atoms with Gasteiger partial charge in [-0.15, -0.1) is 0 Å². The Bertz CT molecular complexity index is 995. The summed E-state index contributed by atoms with van der Waals surface area (Å²) in [5.41, 5.74) is 2.37. The minimum Gasteiger partial charge on any atom is -0.350 e. The van der Waals surface area contributed by atoms with Gasteiger partial charge in [-0.1, -0.05) is 25.1 Å². The molecule has 0 saturated carbocycles. The Kier molecular flexibility index (Phi) is 6.01. The number of hydrogen-bond donors (Lipinski definition) is 4. The summed E-state index contributed by atoms with van der Waals surface area (Å²) in [7, 11) is 0. The lowest BCUT2D eigenvalue weighted by Gasteiger charge is -2.08. The van der Waals surface area contributed by atoms with Crippen molar-refractivity contribution in [1.82, 2.24) is 15.5 Å². The summed E-state index contributed by atoms with van der Waals surface area (Å²) in [5, 5.41) is 15.8. The topological polar surface area (TPSA) is 116 Å². The van der Waals surface area contributed by atoms with Gasteiger partial charge in [0.25, 0.3) is 5.91 Å². The minimum atomic E-state index is -0.332. The van der Waals surface area contributed by atoms with E-state index in [1.54, 1.807) is 31.2 Å². The summed E-state index contributed by atoms with van der Waals surface area (Å²) in [4.78, 5) is 35.7. The Morgan fingerprint density at radius 2 is 1.57 bits per heavy atom. The van der Waals surface area contributed by atoms with Crippen LogP contribution in [0.4, 0.5) is 11.4 Å². The zero-order chi connectivity index (χ0) is 19.9. The average Bonchev–Trinajstić information content (AvgIpc) is 3.13. The summed E-state index contributed by atoms with van der Waals surface area (Å²) in [6.07, 6.45) is 0.528. The molecule has 0 aliphatic heterocycles. The van der Waals surface area contributed by atoms with Gasteiger partial charge < -0.3 is 16.0 Å². The number of H-pyrrole nitrogens is 1. The van der Waals surface area contributed by atoms with E-state index in [0.29, 0.717) is 23.5 Å². The number of nitrogens with one attached hydrogen (secondary N) is 4. The number of carbonyl (C=O) groups is 3. The molecule has 2 aromatic carbocycles. The Morgan fingerprint density at radius 3 is 2.25 bits per heavy atom. The van der Waals surface area contributed by atoms with Gasteiger partial charge >= 0.3 is 0 Å². The standard InChI is InChI=1S/C20H21N5O3/c1-2-17(26)22-13-7-9-14(10-8-13)23-18(27)11-12-21-20(28)19-15-5-3-4-6-16(15)24-25-19/h3-10H,2,11-12H2,1H3,(H,21,28)(H,22,26)(H,23,27)(H,24,25). The summed E-state index contributed by atoms with van der Waals surface area (Å²) >= 11 is 0. The van der Waals surface area contributed by atoms with Crippen LogP contribution < -0.4 is 16.0 Å². The molecular weight excluding hydrogens is 358 g/mol. The highest BCUT2D eigenvalue weighted by Crippen LogP contribution is 2.15. The van der Waals surface area contributed by atoms with E-state index < -0.39 is 0 Å². The van der Waals surface area contributed by atoms with Crippen LogP contribution in [0, 0.1) is 0 Å². The largest absolute Gasteiger partial charge is 0.350 e. The molecule has 0 spiro atoms. The molecule has 0 radical (unpaired) electrons. The molecule has 3 amide bonds. The van der Waals surface area contributed by atoms with Crippen LogP contribution in [0.1, 0.15) is 30.3 Å². The molecule has 4 N–H and O–H groups in total. The number of aromatic nitrogens is 2. The second-order valence-electron chi connectivity index (χ2n) is 6.15. The maximum absolute atomic E-state index is 12.3. The van der Waals surface area contributed by atoms with Gasteiger partial charge in [-0.3, -0.25) is 19.5 Å². The maximum atomic E-state index is 12.3. The van der Waals surface area contributed by atoms with E-state index in [1.165, 1.54) is 0 Å². The number of aromatic amines is 1. The Balaban J connectivity index is 1.46. The van der Waals surface area contributed by atoms with Gasteiger partial charge in [-0.05, 0) is 30.3 Å². The van der Waals surface area contributed by atoms with Gasteiger partial charge in [0.15, 0.2) is 5.69 Å². The van der Waals surface area contributed by atoms with E-state index >= 15 is 0 Å². The molecule has 28 heavy (non-hydrogen) atoms. The first-order valence-corrected chi connectivity index (χ1v) is 8.98. The van der Waals surface area contributed by atoms with Gasteiger partial charge in [0.2, 0.25) is 11.8 Å². The molecule has 0 aliphatic carbocycles. The predicted octanol–water partition coefficient (Wildman–Crippen LogP) is 2.67. The van der Waals surface area contributed by atoms with Gasteiger partial charge in [-0.25, -0.2) is 0 Å². The molecule has 0 bridgehead atoms. The van der Waals surface area contributed by atoms with Crippen LogP contribution in [-0.4, -0.2) is 34.5 Å². The fourth-order valence-electron chi connectivity index (χ4n) is 2.62. The quantitative estimate of drug-likeness (QED) is 0.505. The summed E-state index contributed by atoms with van der Waals surface area (Å²) < 4.78 is 0.